The van der Waals surface area contributed by atoms with Crippen molar-refractivity contribution in [3.8, 4) is 0 Å². The Kier molecular flexibility index (Phi) is 11.6. The van der Waals surface area contributed by atoms with Crippen molar-refractivity contribution >= 4 is 31.9 Å². The third-order valence-electron chi connectivity index (χ3n) is 5.32. The van der Waals surface area contributed by atoms with Crippen molar-refractivity contribution in [2.75, 3.05) is 0 Å². The van der Waals surface area contributed by atoms with Gasteiger partial charge >= 0.3 is 0 Å². The van der Waals surface area contributed by atoms with E-state index in [1.165, 1.54) is 84.3 Å². The van der Waals surface area contributed by atoms with Gasteiger partial charge in [-0.05, 0) is 47.9 Å². The van der Waals surface area contributed by atoms with E-state index >= 15 is 0 Å². The van der Waals surface area contributed by atoms with Gasteiger partial charge in [-0.1, -0.05) is 111 Å². The topological polar surface area (TPSA) is 0 Å². The minimum absolute atomic E-state index is 0.812. The molecule has 1 aromatic rings. The minimum Gasteiger partial charge on any atom is -0.0654 e. The smallest absolute Gasteiger partial charge is 0.0210 e. The SMILES string of the molecule is CCCCC(CC)Cc1cc(Br)c(CC(CC)CCCC)cc1Br. The van der Waals surface area contributed by atoms with Gasteiger partial charge < -0.3 is 0 Å². The number of hydrogen-bond donors (Lipinski definition) is 0. The highest BCUT2D eigenvalue weighted by molar-refractivity contribution is 9.11. The van der Waals surface area contributed by atoms with E-state index in [9.17, 15) is 0 Å². The average molecular weight is 460 g/mol. The van der Waals surface area contributed by atoms with Crippen LogP contribution < -0.4 is 0 Å². The van der Waals surface area contributed by atoms with E-state index in [0.717, 1.165) is 11.8 Å². The molecule has 0 aliphatic heterocycles. The molecule has 0 aliphatic rings. The molecular weight excluding hydrogens is 424 g/mol. The summed E-state index contributed by atoms with van der Waals surface area (Å²) in [5.41, 5.74) is 2.94. The summed E-state index contributed by atoms with van der Waals surface area (Å²) in [6, 6.07) is 4.75. The lowest BCUT2D eigenvalue weighted by atomic mass is 9.89. The van der Waals surface area contributed by atoms with E-state index in [4.69, 9.17) is 0 Å². The lowest BCUT2D eigenvalue weighted by molar-refractivity contribution is 0.445. The molecule has 0 fully saturated rings. The molecule has 0 N–H and O–H groups in total. The van der Waals surface area contributed by atoms with Crippen molar-refractivity contribution in [2.24, 2.45) is 11.8 Å². The fourth-order valence-electron chi connectivity index (χ4n) is 3.45. The molecule has 24 heavy (non-hydrogen) atoms. The molecule has 0 aliphatic carbocycles. The van der Waals surface area contributed by atoms with Gasteiger partial charge in [0.2, 0.25) is 0 Å². The Morgan fingerprint density at radius 2 is 1.08 bits per heavy atom. The largest absolute Gasteiger partial charge is 0.0654 e. The molecule has 1 aromatic carbocycles. The first-order valence-corrected chi connectivity index (χ1v) is 11.6. The molecule has 0 nitrogen and oxygen atoms in total. The van der Waals surface area contributed by atoms with Crippen molar-refractivity contribution in [3.63, 3.8) is 0 Å². The molecular formula is C22H36Br2. The van der Waals surface area contributed by atoms with Gasteiger partial charge in [-0.3, -0.25) is 0 Å². The second-order valence-corrected chi connectivity index (χ2v) is 8.98. The number of hydrogen-bond acceptors (Lipinski definition) is 0. The van der Waals surface area contributed by atoms with Crippen LogP contribution in [0.2, 0.25) is 0 Å². The summed E-state index contributed by atoms with van der Waals surface area (Å²) in [5, 5.41) is 0. The van der Waals surface area contributed by atoms with Crippen LogP contribution in [0, 0.1) is 11.8 Å². The molecule has 0 heterocycles. The molecule has 0 spiro atoms. The highest BCUT2D eigenvalue weighted by atomic mass is 79.9. The van der Waals surface area contributed by atoms with Crippen LogP contribution in [0.3, 0.4) is 0 Å². The number of rotatable bonds is 12. The fourth-order valence-corrected chi connectivity index (χ4v) is 4.56. The quantitative estimate of drug-likeness (QED) is 0.293. The summed E-state index contributed by atoms with van der Waals surface area (Å²) in [6.45, 7) is 9.24. The van der Waals surface area contributed by atoms with Crippen molar-refractivity contribution in [1.29, 1.82) is 0 Å². The predicted octanol–water partition coefficient (Wildman–Crippen LogP) is 8.73. The Morgan fingerprint density at radius 1 is 0.708 bits per heavy atom. The third-order valence-corrected chi connectivity index (χ3v) is 6.80. The molecule has 1 rings (SSSR count). The van der Waals surface area contributed by atoms with Gasteiger partial charge in [-0.15, -0.1) is 0 Å². The Hall–Kier alpha value is 0.180. The molecule has 0 aromatic heterocycles. The molecule has 0 amide bonds. The first-order chi connectivity index (χ1) is 11.5. The molecule has 0 saturated heterocycles. The van der Waals surface area contributed by atoms with Gasteiger partial charge in [0.05, 0.1) is 0 Å². The first kappa shape index (κ1) is 22.2. The Morgan fingerprint density at radius 3 is 1.38 bits per heavy atom. The summed E-state index contributed by atoms with van der Waals surface area (Å²) in [4.78, 5) is 0. The first-order valence-electron chi connectivity index (χ1n) is 10.0. The number of unbranched alkanes of at least 4 members (excludes halogenated alkanes) is 2. The maximum absolute atomic E-state index is 3.85. The summed E-state index contributed by atoms with van der Waals surface area (Å²) < 4.78 is 2.61. The Balaban J connectivity index is 2.80. The van der Waals surface area contributed by atoms with Crippen molar-refractivity contribution in [3.05, 3.63) is 32.2 Å². The highest BCUT2D eigenvalue weighted by Crippen LogP contribution is 2.32. The van der Waals surface area contributed by atoms with Crippen LogP contribution in [-0.4, -0.2) is 0 Å². The van der Waals surface area contributed by atoms with Crippen LogP contribution in [0.1, 0.15) is 90.2 Å². The molecule has 0 saturated carbocycles. The zero-order chi connectivity index (χ0) is 17.9. The second kappa shape index (κ2) is 12.5. The number of benzene rings is 1. The van der Waals surface area contributed by atoms with Gasteiger partial charge in [0.1, 0.15) is 0 Å². The van der Waals surface area contributed by atoms with E-state index in [1.807, 2.05) is 0 Å². The highest BCUT2D eigenvalue weighted by Gasteiger charge is 2.14. The summed E-state index contributed by atoms with van der Waals surface area (Å²) in [6.07, 6.45) is 13.0. The molecule has 0 bridgehead atoms. The van der Waals surface area contributed by atoms with Crippen LogP contribution in [0.25, 0.3) is 0 Å². The van der Waals surface area contributed by atoms with Crippen molar-refractivity contribution in [2.45, 2.75) is 91.9 Å². The van der Waals surface area contributed by atoms with Crippen LogP contribution in [0.5, 0.6) is 0 Å². The van der Waals surface area contributed by atoms with E-state index in [0.29, 0.717) is 0 Å². The molecule has 138 valence electrons. The van der Waals surface area contributed by atoms with Crippen LogP contribution in [-0.2, 0) is 12.8 Å². The van der Waals surface area contributed by atoms with Gasteiger partial charge in [-0.2, -0.15) is 0 Å². The minimum atomic E-state index is 0.812. The zero-order valence-electron chi connectivity index (χ0n) is 16.1. The Bertz CT molecular complexity index is 424. The summed E-state index contributed by atoms with van der Waals surface area (Å²) >= 11 is 7.70. The fraction of sp³-hybridized carbons (Fsp3) is 0.727. The second-order valence-electron chi connectivity index (χ2n) is 7.28. The van der Waals surface area contributed by atoms with Gasteiger partial charge in [0, 0.05) is 8.95 Å². The van der Waals surface area contributed by atoms with Crippen LogP contribution in [0.15, 0.2) is 21.1 Å². The lowest BCUT2D eigenvalue weighted by Crippen LogP contribution is -2.07. The molecule has 2 heteroatoms. The van der Waals surface area contributed by atoms with Crippen molar-refractivity contribution in [1.82, 2.24) is 0 Å². The standard InChI is InChI=1S/C22H36Br2/c1-5-9-11-17(7-3)13-19-15-22(24)20(16-21(19)23)14-18(8-4)12-10-6-2/h15-18H,5-14H2,1-4H3. The van der Waals surface area contributed by atoms with Crippen LogP contribution in [0.4, 0.5) is 0 Å². The monoisotopic (exact) mass is 458 g/mol. The van der Waals surface area contributed by atoms with E-state index < -0.39 is 0 Å². The summed E-state index contributed by atoms with van der Waals surface area (Å²) in [5.74, 6) is 1.62. The van der Waals surface area contributed by atoms with Gasteiger partial charge in [0.15, 0.2) is 0 Å². The van der Waals surface area contributed by atoms with E-state index in [-0.39, 0.29) is 0 Å². The average Bonchev–Trinajstić information content (AvgIpc) is 2.58. The number of halogens is 2. The van der Waals surface area contributed by atoms with Gasteiger partial charge in [-0.25, -0.2) is 0 Å². The maximum Gasteiger partial charge on any atom is 0.0210 e. The van der Waals surface area contributed by atoms with Crippen molar-refractivity contribution < 1.29 is 0 Å². The summed E-state index contributed by atoms with van der Waals surface area (Å²) in [7, 11) is 0. The normalized spacial score (nSPS) is 13.9. The lowest BCUT2D eigenvalue weighted by Gasteiger charge is -2.19. The van der Waals surface area contributed by atoms with Gasteiger partial charge in [0.25, 0.3) is 0 Å². The third kappa shape index (κ3) is 7.60. The molecule has 0 radical (unpaired) electrons. The molecule has 2 unspecified atom stereocenters. The van der Waals surface area contributed by atoms with E-state index in [1.54, 1.807) is 0 Å². The zero-order valence-corrected chi connectivity index (χ0v) is 19.3. The van der Waals surface area contributed by atoms with Crippen LogP contribution >= 0.6 is 31.9 Å². The maximum atomic E-state index is 3.85. The molecule has 2 atom stereocenters. The Labute approximate surface area is 167 Å². The van der Waals surface area contributed by atoms with E-state index in [2.05, 4.69) is 71.7 Å². The predicted molar refractivity (Wildman–Crippen MR) is 116 cm³/mol.